The van der Waals surface area contributed by atoms with Gasteiger partial charge in [-0.05, 0) is 84.0 Å². The molecule has 6 aromatic rings. The van der Waals surface area contributed by atoms with E-state index < -0.39 is 11.9 Å². The molecule has 0 bridgehead atoms. The van der Waals surface area contributed by atoms with Crippen molar-refractivity contribution in [3.05, 3.63) is 95.1 Å². The van der Waals surface area contributed by atoms with Crippen molar-refractivity contribution in [1.82, 2.24) is 30.0 Å². The fourth-order valence-corrected chi connectivity index (χ4v) is 6.11. The van der Waals surface area contributed by atoms with Gasteiger partial charge in [0.05, 0.1) is 0 Å². The third-order valence-electron chi connectivity index (χ3n) is 9.24. The molecule has 6 N–H and O–H groups in total. The van der Waals surface area contributed by atoms with E-state index in [0.29, 0.717) is 24.2 Å². The van der Waals surface area contributed by atoms with E-state index in [4.69, 9.17) is 20.4 Å². The van der Waals surface area contributed by atoms with Crippen LogP contribution in [-0.2, 0) is 33.3 Å². The van der Waals surface area contributed by atoms with Crippen LogP contribution in [0.1, 0.15) is 102 Å². The quantitative estimate of drug-likeness (QED) is 0.0630. The van der Waals surface area contributed by atoms with E-state index in [-0.39, 0.29) is 48.4 Å². The summed E-state index contributed by atoms with van der Waals surface area (Å²) in [5.74, 6) is -1.47. The van der Waals surface area contributed by atoms with Crippen LogP contribution in [0.2, 0.25) is 0 Å². The zero-order valence-corrected chi connectivity index (χ0v) is 34.2. The van der Waals surface area contributed by atoms with E-state index in [0.717, 1.165) is 70.0 Å². The van der Waals surface area contributed by atoms with E-state index in [1.165, 1.54) is 9.59 Å². The molecule has 0 fully saturated rings. The lowest BCUT2D eigenvalue weighted by atomic mass is 9.84. The number of rotatable bonds is 13. The van der Waals surface area contributed by atoms with Crippen LogP contribution in [0.25, 0.3) is 33.4 Å². The summed E-state index contributed by atoms with van der Waals surface area (Å²) in [6.45, 7) is 12.6. The summed E-state index contributed by atoms with van der Waals surface area (Å²) >= 11 is 0. The van der Waals surface area contributed by atoms with Crippen molar-refractivity contribution in [3.8, 4) is 22.9 Å². The van der Waals surface area contributed by atoms with Gasteiger partial charge < -0.3 is 30.6 Å². The van der Waals surface area contributed by atoms with Crippen LogP contribution in [-0.4, -0.2) is 85.8 Å². The number of aromatic hydroxyl groups is 2. The molecule has 6 rings (SSSR count). The average molecular weight is 797 g/mol. The number of aliphatic hydroxyl groups is 2. The second-order valence-electron chi connectivity index (χ2n) is 16.1. The van der Waals surface area contributed by atoms with Gasteiger partial charge >= 0.3 is 11.9 Å². The van der Waals surface area contributed by atoms with E-state index in [2.05, 4.69) is 20.4 Å². The van der Waals surface area contributed by atoms with Gasteiger partial charge in [0.25, 0.3) is 0 Å². The Labute approximate surface area is 338 Å². The zero-order valence-electron chi connectivity index (χ0n) is 34.2. The van der Waals surface area contributed by atoms with Crippen molar-refractivity contribution < 1.29 is 40.2 Å². The van der Waals surface area contributed by atoms with Crippen molar-refractivity contribution in [3.63, 3.8) is 0 Å². The van der Waals surface area contributed by atoms with Gasteiger partial charge in [0.1, 0.15) is 44.9 Å². The molecule has 0 aliphatic heterocycles. The van der Waals surface area contributed by atoms with Crippen molar-refractivity contribution in [1.29, 1.82) is 0 Å². The predicted molar refractivity (Wildman–Crippen MR) is 223 cm³/mol. The fourth-order valence-electron chi connectivity index (χ4n) is 6.11. The predicted octanol–water partition coefficient (Wildman–Crippen LogP) is 7.41. The molecule has 0 atom stereocenters. The lowest BCUT2D eigenvalue weighted by molar-refractivity contribution is -0.138. The minimum atomic E-state index is -0.852. The average Bonchev–Trinajstić information content (AvgIpc) is 3.80. The molecule has 0 aliphatic carbocycles. The number of fused-ring (bicyclic) bond motifs is 2. The maximum atomic E-state index is 10.9. The van der Waals surface area contributed by atoms with E-state index in [1.807, 2.05) is 102 Å². The third kappa shape index (κ3) is 12.3. The van der Waals surface area contributed by atoms with Crippen molar-refractivity contribution in [2.24, 2.45) is 0 Å². The van der Waals surface area contributed by atoms with E-state index >= 15 is 0 Å². The molecule has 0 amide bonds. The van der Waals surface area contributed by atoms with E-state index in [9.17, 15) is 19.8 Å². The Morgan fingerprint density at radius 2 is 0.845 bits per heavy atom. The topological polar surface area (TPSA) is 217 Å². The van der Waals surface area contributed by atoms with Crippen molar-refractivity contribution in [2.75, 3.05) is 13.2 Å². The number of phenolic OH excluding ortho intramolecular Hbond substituents is 2. The molecule has 0 radical (unpaired) electrons. The molecular formula is C44H56N6O8. The smallest absolute Gasteiger partial charge is 0.303 e. The maximum Gasteiger partial charge on any atom is 0.303 e. The van der Waals surface area contributed by atoms with Gasteiger partial charge in [-0.3, -0.25) is 9.59 Å². The van der Waals surface area contributed by atoms with Crippen molar-refractivity contribution >= 4 is 34.0 Å². The van der Waals surface area contributed by atoms with Crippen LogP contribution in [0.3, 0.4) is 0 Å². The number of aromatic nitrogens is 6. The number of hydrogen-bond donors (Lipinski definition) is 6. The summed E-state index contributed by atoms with van der Waals surface area (Å²) in [7, 11) is 0. The number of nitrogens with zero attached hydrogens (tertiary/aromatic N) is 6. The Balaban J connectivity index is 0.000000217. The van der Waals surface area contributed by atoms with Crippen LogP contribution in [0, 0.1) is 0 Å². The van der Waals surface area contributed by atoms with Gasteiger partial charge in [-0.2, -0.15) is 0 Å². The largest absolute Gasteiger partial charge is 0.505 e. The summed E-state index contributed by atoms with van der Waals surface area (Å²) in [4.78, 5) is 24.7. The number of carboxylic acids is 2. The first-order valence-corrected chi connectivity index (χ1v) is 19.5. The van der Waals surface area contributed by atoms with Crippen LogP contribution in [0.4, 0.5) is 0 Å². The van der Waals surface area contributed by atoms with Crippen LogP contribution in [0.5, 0.6) is 11.5 Å². The molecule has 310 valence electrons. The first kappa shape index (κ1) is 44.8. The highest BCUT2D eigenvalue weighted by atomic mass is 16.4. The molecule has 0 aliphatic rings. The maximum absolute atomic E-state index is 10.9. The molecule has 0 saturated heterocycles. The first-order valence-electron chi connectivity index (χ1n) is 19.5. The van der Waals surface area contributed by atoms with Crippen LogP contribution >= 0.6 is 0 Å². The van der Waals surface area contributed by atoms with Gasteiger partial charge in [-0.1, -0.05) is 90.8 Å². The highest BCUT2D eigenvalue weighted by Gasteiger charge is 2.25. The van der Waals surface area contributed by atoms with Gasteiger partial charge in [0.2, 0.25) is 0 Å². The SMILES string of the molecule is CC(C)(C)c1cc(CCC(=O)O)cc(-n2nc3ccccc3n2)c1O.CC(C)(C)c1cc(CCC(=O)O)cc(-n2nc3ccccc3n2)c1O.OCCCCCCO. The summed E-state index contributed by atoms with van der Waals surface area (Å²) < 4.78 is 0. The number of aryl methyl sites for hydroxylation is 2. The fraction of sp³-hybridized carbons (Fsp3) is 0.409. The summed E-state index contributed by atoms with van der Waals surface area (Å²) in [6.07, 6.45) is 4.65. The highest BCUT2D eigenvalue weighted by molar-refractivity contribution is 5.75. The summed E-state index contributed by atoms with van der Waals surface area (Å²) in [5.41, 5.74) is 6.40. The summed E-state index contributed by atoms with van der Waals surface area (Å²) in [6, 6.07) is 22.2. The molecule has 58 heavy (non-hydrogen) atoms. The lowest BCUT2D eigenvalue weighted by Crippen LogP contribution is -2.14. The molecule has 2 aromatic heterocycles. The monoisotopic (exact) mass is 796 g/mol. The summed E-state index contributed by atoms with van der Waals surface area (Å²) in [5, 5.41) is 73.8. The van der Waals surface area contributed by atoms with Crippen LogP contribution in [0.15, 0.2) is 72.8 Å². The Morgan fingerprint density at radius 1 is 0.534 bits per heavy atom. The molecule has 14 nitrogen and oxygen atoms in total. The molecule has 0 saturated carbocycles. The number of unbranched alkanes of at least 4 members (excludes halogenated alkanes) is 3. The van der Waals surface area contributed by atoms with Gasteiger partial charge in [-0.15, -0.1) is 30.0 Å². The zero-order chi connectivity index (χ0) is 42.6. The first-order chi connectivity index (χ1) is 27.4. The van der Waals surface area contributed by atoms with Gasteiger partial charge in [0, 0.05) is 37.2 Å². The van der Waals surface area contributed by atoms with Gasteiger partial charge in [-0.25, -0.2) is 0 Å². The Kier molecular flexibility index (Phi) is 15.5. The van der Waals surface area contributed by atoms with Gasteiger partial charge in [0.15, 0.2) is 0 Å². The lowest BCUT2D eigenvalue weighted by Gasteiger charge is -2.23. The molecule has 2 heterocycles. The van der Waals surface area contributed by atoms with Crippen LogP contribution < -0.4 is 0 Å². The number of carbonyl (C=O) groups is 2. The molecular weight excluding hydrogens is 741 g/mol. The normalized spacial score (nSPS) is 11.5. The Morgan fingerprint density at radius 3 is 1.10 bits per heavy atom. The molecule has 4 aromatic carbocycles. The minimum absolute atomic E-state index is 0.0301. The Bertz CT molecular complexity index is 2070. The number of benzene rings is 4. The molecule has 14 heteroatoms. The number of aliphatic carboxylic acids is 2. The Hall–Kier alpha value is -5.86. The molecule has 0 spiro atoms. The van der Waals surface area contributed by atoms with Crippen molar-refractivity contribution in [2.45, 2.75) is 104 Å². The molecule has 0 unspecified atom stereocenters. The third-order valence-corrected chi connectivity index (χ3v) is 9.24. The van der Waals surface area contributed by atoms with E-state index in [1.54, 1.807) is 12.1 Å². The minimum Gasteiger partial charge on any atom is -0.505 e. The number of carboxylic acid groups (broad SMARTS) is 2. The number of hydrogen-bond acceptors (Lipinski definition) is 10. The number of aliphatic hydroxyl groups excluding tert-OH is 2. The second kappa shape index (κ2) is 20.0. The second-order valence-corrected chi connectivity index (χ2v) is 16.1. The standard InChI is InChI=1S/2C19H21N3O3.C6H14O2/c2*1-19(2,3)13-10-12(8-9-17(23)24)11-16(18(13)25)22-20-14-6-4-5-7-15(14)21-22;7-5-3-1-2-4-6-8/h2*4-7,10-11,25H,8-9H2,1-3H3,(H,23,24);7-8H,1-6H2. The number of phenols is 2. The highest BCUT2D eigenvalue weighted by Crippen LogP contribution is 2.38.